The lowest BCUT2D eigenvalue weighted by atomic mass is 9.86. The highest BCUT2D eigenvalue weighted by atomic mass is 32.2. The van der Waals surface area contributed by atoms with Gasteiger partial charge in [-0.15, -0.1) is 0 Å². The van der Waals surface area contributed by atoms with Gasteiger partial charge >= 0.3 is 24.6 Å². The van der Waals surface area contributed by atoms with Crippen LogP contribution in [0.5, 0.6) is 17.2 Å². The Balaban J connectivity index is 0.000000172. The van der Waals surface area contributed by atoms with Crippen molar-refractivity contribution in [2.75, 3.05) is 84.8 Å². The van der Waals surface area contributed by atoms with Gasteiger partial charge in [-0.05, 0) is 151 Å². The second-order valence-corrected chi connectivity index (χ2v) is 29.9. The van der Waals surface area contributed by atoms with Crippen molar-refractivity contribution in [1.82, 2.24) is 59.6 Å². The fourth-order valence-corrected chi connectivity index (χ4v) is 13.8. The molecule has 12 rings (SSSR count). The Morgan fingerprint density at radius 1 is 0.467 bits per heavy atom. The average Bonchev–Trinajstić information content (AvgIpc) is 1.77. The number of ether oxygens (including phenoxy) is 4. The van der Waals surface area contributed by atoms with Crippen molar-refractivity contribution in [1.29, 1.82) is 0 Å². The molecule has 6 aromatic rings. The van der Waals surface area contributed by atoms with Crippen molar-refractivity contribution < 1.29 is 125 Å². The molecule has 0 bridgehead atoms. The van der Waals surface area contributed by atoms with E-state index in [1.54, 1.807) is 35.5 Å². The van der Waals surface area contributed by atoms with Crippen LogP contribution in [-0.2, 0) is 69.9 Å². The lowest BCUT2D eigenvalue weighted by molar-refractivity contribution is -0.146. The molecule has 3 aromatic heterocycles. The highest BCUT2D eigenvalue weighted by molar-refractivity contribution is 7.88. The Labute approximate surface area is 600 Å². The van der Waals surface area contributed by atoms with Gasteiger partial charge in [-0.3, -0.25) is 14.7 Å². The van der Waals surface area contributed by atoms with Gasteiger partial charge in [-0.2, -0.15) is 54.5 Å². The van der Waals surface area contributed by atoms with Crippen molar-refractivity contribution in [3.8, 4) is 17.2 Å². The SMILES string of the molecule is CC(C)(C)OC(=O)N1CCC(F)(c2cc(F)c(OC3CCN(Cc4nc(C(F)(F)F)no4)CC3)c(F)c2)CC1.CS(=O)(=O)N1CCC(F)(c2cc(F)c(OC3CCN(Cc4nc(C(F)(F)F)no4)CC3)c(F)c2)CC1.Fc1cc(C2(F)CCNCC2)cc(F)c1OC1CCN(Cc2nc(C(F)(F)F)no2)CC1. The number of hydrogen-bond donors (Lipinski definition) is 1. The first-order valence-electron chi connectivity index (χ1n) is 34.1. The summed E-state index contributed by atoms with van der Waals surface area (Å²) >= 11 is 0. The predicted octanol–water partition coefficient (Wildman–Crippen LogP) is 13.2. The number of alkyl halides is 12. The van der Waals surface area contributed by atoms with Gasteiger partial charge in [0.2, 0.25) is 27.7 Å². The number of benzene rings is 3. The average molecular weight is 1570 g/mol. The number of nitrogens with one attached hydrogen (secondary N) is 1. The molecule has 1 N–H and O–H groups in total. The number of halogens is 18. The molecular weight excluding hydrogens is 1490 g/mol. The number of carbonyl (C=O) groups excluding carboxylic acids is 1. The lowest BCUT2D eigenvalue weighted by Crippen LogP contribution is -2.45. The summed E-state index contributed by atoms with van der Waals surface area (Å²) in [5.41, 5.74) is -6.99. The third kappa shape index (κ3) is 21.4. The van der Waals surface area contributed by atoms with Crippen LogP contribution in [0.1, 0.15) is 150 Å². The molecule has 22 nitrogen and oxygen atoms in total. The number of amides is 1. The van der Waals surface area contributed by atoms with Crippen LogP contribution in [0.15, 0.2) is 50.0 Å². The quantitative estimate of drug-likeness (QED) is 0.0887. The Morgan fingerprint density at radius 2 is 0.738 bits per heavy atom. The second kappa shape index (κ2) is 32.8. The third-order valence-electron chi connectivity index (χ3n) is 18.8. The summed E-state index contributed by atoms with van der Waals surface area (Å²) in [4.78, 5) is 28.9. The summed E-state index contributed by atoms with van der Waals surface area (Å²) in [6, 6.07) is 5.57. The highest BCUT2D eigenvalue weighted by Gasteiger charge is 2.45. The van der Waals surface area contributed by atoms with E-state index in [1.165, 1.54) is 4.90 Å². The van der Waals surface area contributed by atoms with E-state index in [4.69, 9.17) is 18.9 Å². The molecule has 0 spiro atoms. The number of likely N-dealkylation sites (tertiary alicyclic amines) is 4. The van der Waals surface area contributed by atoms with Gasteiger partial charge in [0.15, 0.2) is 52.2 Å². The van der Waals surface area contributed by atoms with Gasteiger partial charge in [-0.1, -0.05) is 15.5 Å². The van der Waals surface area contributed by atoms with Crippen molar-refractivity contribution in [3.05, 3.63) is 123 Å². The molecule has 3 aromatic carbocycles. The van der Waals surface area contributed by atoms with Crippen LogP contribution in [0.2, 0.25) is 0 Å². The summed E-state index contributed by atoms with van der Waals surface area (Å²) < 4.78 is 308. The second-order valence-electron chi connectivity index (χ2n) is 27.9. The van der Waals surface area contributed by atoms with Crippen LogP contribution in [0.4, 0.5) is 83.8 Å². The molecule has 0 atom stereocenters. The van der Waals surface area contributed by atoms with Crippen LogP contribution >= 0.6 is 0 Å². The van der Waals surface area contributed by atoms with Gasteiger partial charge in [0, 0.05) is 78.3 Å². The fourth-order valence-electron chi connectivity index (χ4n) is 13.0. The molecule has 41 heteroatoms. The summed E-state index contributed by atoms with van der Waals surface area (Å²) in [7, 11) is -3.49. The third-order valence-corrected chi connectivity index (χ3v) is 20.1. The van der Waals surface area contributed by atoms with Crippen LogP contribution in [0, 0.1) is 34.9 Å². The minimum atomic E-state index is -4.71. The first-order valence-corrected chi connectivity index (χ1v) is 35.9. The number of sulfonamides is 1. The minimum absolute atomic E-state index is 0.00282. The zero-order valence-electron chi connectivity index (χ0n) is 58.0. The van der Waals surface area contributed by atoms with Crippen molar-refractivity contribution in [2.24, 2.45) is 0 Å². The molecule has 592 valence electrons. The van der Waals surface area contributed by atoms with E-state index in [9.17, 15) is 79.1 Å². The number of aromatic nitrogens is 6. The summed E-state index contributed by atoms with van der Waals surface area (Å²) in [6.07, 6.45) is -13.6. The molecule has 0 aliphatic carbocycles. The van der Waals surface area contributed by atoms with Crippen molar-refractivity contribution >= 4 is 16.1 Å². The standard InChI is InChI=1S/C25H30F6N4O4.C21H24F6N4O4S.C20H22F6N4O2/c1-23(2,3)38-22(36)35-10-6-24(28,7-11-35)15-12-17(26)20(18(27)13-15)37-16-4-8-34(9-5-16)14-19-32-21(33-39-19)25(29,30)31;1-36(32,33)31-8-4-20(24,5-9-31)13-10-15(22)18(16(23)11-13)34-14-2-6-30(7-3-14)12-17-28-19(29-35-17)21(25,26)27;21-14-9-12(19(23)3-5-27-6-4-19)10-15(22)17(14)31-13-1-7-30(8-2-13)11-16-28-18(29-32-16)20(24,25)26/h12-13,16H,4-11,14H2,1-3H3;10-11,14H,2-9,12H2,1H3;9-10,13,27H,1-8,11H2. The Morgan fingerprint density at radius 3 is 0.991 bits per heavy atom. The van der Waals surface area contributed by atoms with Crippen molar-refractivity contribution in [3.63, 3.8) is 0 Å². The Bertz CT molecular complexity index is 4040. The van der Waals surface area contributed by atoms with Gasteiger partial charge in [0.1, 0.15) is 40.9 Å². The summed E-state index contributed by atoms with van der Waals surface area (Å²) in [6.45, 7) is 8.11. The molecule has 6 aliphatic rings. The monoisotopic (exact) mass is 1570 g/mol. The van der Waals surface area contributed by atoms with Gasteiger partial charge in [0.05, 0.1) is 25.9 Å². The minimum Gasteiger partial charge on any atom is -0.484 e. The molecule has 6 saturated heterocycles. The number of rotatable bonds is 16. The van der Waals surface area contributed by atoms with Crippen LogP contribution in [0.25, 0.3) is 0 Å². The number of piperidine rings is 6. The first-order chi connectivity index (χ1) is 50.0. The van der Waals surface area contributed by atoms with Crippen LogP contribution < -0.4 is 19.5 Å². The fraction of sp³-hybridized carbons (Fsp3) is 0.621. The van der Waals surface area contributed by atoms with Gasteiger partial charge in [-0.25, -0.2) is 57.0 Å². The lowest BCUT2D eigenvalue weighted by Gasteiger charge is -2.37. The van der Waals surface area contributed by atoms with E-state index in [2.05, 4.69) is 49.3 Å². The summed E-state index contributed by atoms with van der Waals surface area (Å²) in [5.74, 6) is -12.5. The van der Waals surface area contributed by atoms with E-state index in [0.717, 1.165) is 47.0 Å². The molecule has 6 fully saturated rings. The maximum Gasteiger partial charge on any atom is 0.455 e. The largest absolute Gasteiger partial charge is 0.484 e. The Hall–Kier alpha value is -7.76. The maximum atomic E-state index is 15.7. The van der Waals surface area contributed by atoms with E-state index in [1.807, 2.05) is 0 Å². The number of hydrogen-bond acceptors (Lipinski definition) is 20. The van der Waals surface area contributed by atoms with E-state index < -0.39 is 145 Å². The number of nitrogens with zero attached hydrogens (tertiary/aromatic N) is 11. The molecule has 9 heterocycles. The van der Waals surface area contributed by atoms with Crippen LogP contribution in [0.3, 0.4) is 0 Å². The van der Waals surface area contributed by atoms with Gasteiger partial charge < -0.3 is 42.7 Å². The molecule has 1 amide bonds. The molecule has 0 radical (unpaired) electrons. The van der Waals surface area contributed by atoms with E-state index in [-0.39, 0.29) is 119 Å². The molecule has 0 saturated carbocycles. The topological polar surface area (TPSA) is 233 Å². The zero-order chi connectivity index (χ0) is 77.8. The molecule has 6 aliphatic heterocycles. The van der Waals surface area contributed by atoms with Crippen LogP contribution in [-0.4, -0.2) is 178 Å². The molecule has 107 heavy (non-hydrogen) atoms. The highest BCUT2D eigenvalue weighted by Crippen LogP contribution is 2.44. The maximum absolute atomic E-state index is 15.7. The molecular formula is C66H76F18N12O10S. The zero-order valence-corrected chi connectivity index (χ0v) is 58.8. The van der Waals surface area contributed by atoms with Gasteiger partial charge in [0.25, 0.3) is 17.5 Å². The smallest absolute Gasteiger partial charge is 0.455 e. The Kier molecular flexibility index (Phi) is 25.1. The van der Waals surface area contributed by atoms with E-state index >= 15 is 13.2 Å². The summed E-state index contributed by atoms with van der Waals surface area (Å²) in [5, 5.41) is 11.7. The number of carbonyl (C=O) groups is 1. The predicted molar refractivity (Wildman–Crippen MR) is 337 cm³/mol. The molecule has 0 unspecified atom stereocenters. The normalized spacial score (nSPS) is 20.0. The van der Waals surface area contributed by atoms with E-state index in [0.29, 0.717) is 90.9 Å². The first kappa shape index (κ1) is 81.8. The van der Waals surface area contributed by atoms with Crippen molar-refractivity contribution in [2.45, 2.75) is 177 Å².